The summed E-state index contributed by atoms with van der Waals surface area (Å²) in [6.07, 6.45) is 10.0. The van der Waals surface area contributed by atoms with Crippen LogP contribution in [0.2, 0.25) is 0 Å². The van der Waals surface area contributed by atoms with E-state index >= 15 is 0 Å². The maximum Gasteiger partial charge on any atom is 0 e. The first-order chi connectivity index (χ1) is 7.29. The van der Waals surface area contributed by atoms with E-state index in [4.69, 9.17) is 0 Å². The fourth-order valence-corrected chi connectivity index (χ4v) is 1.18. The topological polar surface area (TPSA) is 3.24 Å². The Morgan fingerprint density at radius 2 is 1.63 bits per heavy atom. The molecule has 1 nitrogen and oxygen atoms in total. The molecule has 0 atom stereocenters. The number of allylic oxidation sites excluding steroid dienone is 4. The summed E-state index contributed by atoms with van der Waals surface area (Å²) in [4.78, 5) is 2.04. The van der Waals surface area contributed by atoms with Gasteiger partial charge in [0.25, 0.3) is 0 Å². The quantitative estimate of drug-likeness (QED) is 0.299. The molecule has 0 aromatic heterocycles. The van der Waals surface area contributed by atoms with E-state index in [-0.39, 0.29) is 63.1 Å². The fraction of sp³-hybridized carbons (Fsp3) is 0.214. The van der Waals surface area contributed by atoms with Gasteiger partial charge in [0.15, 0.2) is 0 Å². The van der Waals surface area contributed by atoms with Crippen molar-refractivity contribution in [3.05, 3.63) is 66.7 Å². The third-order valence-corrected chi connectivity index (χ3v) is 1.79. The van der Waals surface area contributed by atoms with Gasteiger partial charge in [0.2, 0.25) is 0 Å². The number of rotatable bonds is 2. The zero-order chi connectivity index (χ0) is 10.9. The molecule has 19 heavy (non-hydrogen) atoms. The Kier molecular flexibility index (Phi) is 26.5. The summed E-state index contributed by atoms with van der Waals surface area (Å²) < 4.78 is 0. The molecule has 1 aromatic carbocycles. The Hall–Kier alpha value is 0.270. The van der Waals surface area contributed by atoms with Crippen LogP contribution in [0.5, 0.6) is 0 Å². The van der Waals surface area contributed by atoms with Crippen molar-refractivity contribution in [2.45, 2.75) is 6.42 Å². The average molecular weight is 484 g/mol. The van der Waals surface area contributed by atoms with Gasteiger partial charge < -0.3 is 42.1 Å². The Labute approximate surface area is 154 Å². The minimum Gasteiger partial charge on any atom is -1.00 e. The molecule has 0 saturated carbocycles. The van der Waals surface area contributed by atoms with Gasteiger partial charge in [-0.25, -0.2) is 12.2 Å². The van der Waals surface area contributed by atoms with Crippen LogP contribution in [0.25, 0.3) is 0 Å². The van der Waals surface area contributed by atoms with Crippen LogP contribution in [0.15, 0.2) is 48.6 Å². The molecular formula is C14H17Cl3HfN-5. The van der Waals surface area contributed by atoms with E-state index in [0.29, 0.717) is 0 Å². The molecule has 0 N–H and O–H groups in total. The predicted octanol–water partition coefficient (Wildman–Crippen LogP) is -5.93. The minimum atomic E-state index is 0. The normalized spacial score (nSPS) is 9.84. The SMILES string of the molecule is CN(C)[CH-]c1ccccc1.[C-]1=CC=CC1.[Cl-].[Cl-].[Cl-].[Hf]. The van der Waals surface area contributed by atoms with E-state index in [1.54, 1.807) is 0 Å². The van der Waals surface area contributed by atoms with E-state index < -0.39 is 0 Å². The van der Waals surface area contributed by atoms with Crippen LogP contribution in [0.4, 0.5) is 0 Å². The summed E-state index contributed by atoms with van der Waals surface area (Å²) >= 11 is 0. The van der Waals surface area contributed by atoms with Crippen LogP contribution in [0, 0.1) is 12.6 Å². The largest absolute Gasteiger partial charge is 1.00 e. The summed E-state index contributed by atoms with van der Waals surface area (Å²) in [6.45, 7) is 2.08. The second-order valence-electron chi connectivity index (χ2n) is 3.51. The van der Waals surface area contributed by atoms with Crippen molar-refractivity contribution >= 4 is 0 Å². The second kappa shape index (κ2) is 18.3. The van der Waals surface area contributed by atoms with Crippen molar-refractivity contribution in [2.75, 3.05) is 14.1 Å². The maximum atomic E-state index is 2.99. The summed E-state index contributed by atoms with van der Waals surface area (Å²) in [5.74, 6) is 0. The second-order valence-corrected chi connectivity index (χ2v) is 3.51. The number of nitrogens with zero attached hydrogens (tertiary/aromatic N) is 1. The van der Waals surface area contributed by atoms with Gasteiger partial charge in [-0.2, -0.15) is 23.8 Å². The minimum absolute atomic E-state index is 0. The van der Waals surface area contributed by atoms with Crippen LogP contribution in [0.1, 0.15) is 12.0 Å². The van der Waals surface area contributed by atoms with E-state index in [1.807, 2.05) is 49.3 Å². The molecule has 0 fully saturated rings. The van der Waals surface area contributed by atoms with Crippen LogP contribution < -0.4 is 37.2 Å². The van der Waals surface area contributed by atoms with Gasteiger partial charge in [0, 0.05) is 25.8 Å². The smallest absolute Gasteiger partial charge is 0 e. The van der Waals surface area contributed by atoms with Gasteiger partial charge in [-0.3, -0.25) is 6.08 Å². The van der Waals surface area contributed by atoms with E-state index in [0.717, 1.165) is 6.42 Å². The van der Waals surface area contributed by atoms with Gasteiger partial charge in [0.1, 0.15) is 0 Å². The van der Waals surface area contributed by atoms with Gasteiger partial charge in [-0.05, 0) is 14.1 Å². The molecule has 5 heteroatoms. The third kappa shape index (κ3) is 16.2. The van der Waals surface area contributed by atoms with Gasteiger partial charge in [0.05, 0.1) is 0 Å². The van der Waals surface area contributed by atoms with Gasteiger partial charge in [-0.15, -0.1) is 25.1 Å². The van der Waals surface area contributed by atoms with E-state index in [1.165, 1.54) is 5.56 Å². The summed E-state index contributed by atoms with van der Waals surface area (Å²) in [5.41, 5.74) is 1.24. The van der Waals surface area contributed by atoms with E-state index in [2.05, 4.69) is 30.8 Å². The van der Waals surface area contributed by atoms with Gasteiger partial charge >= 0.3 is 0 Å². The molecule has 2 rings (SSSR count). The molecule has 0 spiro atoms. The number of benzene rings is 1. The number of hydrogen-bond donors (Lipinski definition) is 0. The van der Waals surface area contributed by atoms with Crippen LogP contribution >= 0.6 is 0 Å². The molecule has 1 aromatic rings. The molecule has 108 valence electrons. The summed E-state index contributed by atoms with van der Waals surface area (Å²) in [7, 11) is 4.04. The summed E-state index contributed by atoms with van der Waals surface area (Å²) in [5, 5.41) is 0. The maximum absolute atomic E-state index is 2.99. The Balaban J connectivity index is -0.000000110. The van der Waals surface area contributed by atoms with Crippen LogP contribution in [-0.4, -0.2) is 19.0 Å². The molecule has 0 radical (unpaired) electrons. The number of halogens is 3. The van der Waals surface area contributed by atoms with Crippen molar-refractivity contribution in [3.8, 4) is 0 Å². The van der Waals surface area contributed by atoms with Crippen molar-refractivity contribution in [1.29, 1.82) is 0 Å². The average Bonchev–Trinajstić information content (AvgIpc) is 2.76. The predicted molar refractivity (Wildman–Crippen MR) is 65.1 cm³/mol. The molecule has 0 unspecified atom stereocenters. The first-order valence-electron chi connectivity index (χ1n) is 5.07. The van der Waals surface area contributed by atoms with Crippen molar-refractivity contribution < 1.29 is 63.1 Å². The zero-order valence-electron chi connectivity index (χ0n) is 11.0. The van der Waals surface area contributed by atoms with Crippen molar-refractivity contribution in [2.24, 2.45) is 0 Å². The Morgan fingerprint density at radius 1 is 1.05 bits per heavy atom. The molecule has 0 heterocycles. The Bertz CT molecular complexity index is 317. The Morgan fingerprint density at radius 3 is 1.95 bits per heavy atom. The van der Waals surface area contributed by atoms with Crippen LogP contribution in [-0.2, 0) is 25.8 Å². The van der Waals surface area contributed by atoms with E-state index in [9.17, 15) is 0 Å². The van der Waals surface area contributed by atoms with Crippen molar-refractivity contribution in [3.63, 3.8) is 0 Å². The molecular weight excluding hydrogens is 467 g/mol. The standard InChI is InChI=1S/C9H12N.C5H5.3ClH.Hf/c1-10(2)8-9-6-4-3-5-7-9;1-2-4-5-3-1;;;;/h3-8H,1-2H3;1-3H,4H2;3*1H;/q2*-1;;;;/p-3. The number of hydrogen-bond acceptors (Lipinski definition) is 1. The third-order valence-electron chi connectivity index (χ3n) is 1.79. The zero-order valence-corrected chi connectivity index (χ0v) is 16.8. The van der Waals surface area contributed by atoms with Crippen LogP contribution in [0.3, 0.4) is 0 Å². The van der Waals surface area contributed by atoms with Crippen molar-refractivity contribution in [1.82, 2.24) is 4.90 Å². The monoisotopic (exact) mass is 484 g/mol. The molecule has 0 bridgehead atoms. The molecule has 1 aliphatic rings. The first kappa shape index (κ1) is 27.6. The molecule has 0 saturated heterocycles. The fourth-order valence-electron chi connectivity index (χ4n) is 1.18. The first-order valence-corrected chi connectivity index (χ1v) is 5.07. The van der Waals surface area contributed by atoms with Gasteiger partial charge in [-0.1, -0.05) is 6.07 Å². The molecule has 0 amide bonds. The molecule has 1 aliphatic carbocycles. The molecule has 0 aliphatic heterocycles. The summed E-state index contributed by atoms with van der Waals surface area (Å²) in [6, 6.07) is 10.3.